The number of nitrogens with zero attached hydrogens (tertiary/aromatic N) is 2. The first-order valence-electron chi connectivity index (χ1n) is 8.67. The Kier molecular flexibility index (Phi) is 8.09. The van der Waals surface area contributed by atoms with Gasteiger partial charge in [0.05, 0.1) is 18.8 Å². The summed E-state index contributed by atoms with van der Waals surface area (Å²) >= 11 is 6.01. The molecule has 0 bridgehead atoms. The molecule has 25 heavy (non-hydrogen) atoms. The fourth-order valence-corrected chi connectivity index (χ4v) is 3.42. The quantitative estimate of drug-likeness (QED) is 0.584. The number of nitrogens with one attached hydrogen (secondary N) is 1. The molecule has 7 heteroatoms. The fraction of sp³-hybridized carbons (Fsp3) is 0.667. The molecule has 6 nitrogen and oxygen atoms in total. The van der Waals surface area contributed by atoms with E-state index in [2.05, 4.69) is 15.1 Å². The lowest BCUT2D eigenvalue weighted by Crippen LogP contribution is -2.50. The zero-order valence-electron chi connectivity index (χ0n) is 15.2. The Labute approximate surface area is 155 Å². The van der Waals surface area contributed by atoms with Crippen molar-refractivity contribution in [3.05, 3.63) is 34.9 Å². The SMILES string of the molecule is CN(C)CCN(C)[C@@H]1[C@H](O)[C@H](CO)O[C@@H]1CNCc1cccc(Cl)c1. The Morgan fingerprint density at radius 2 is 1.96 bits per heavy atom. The molecule has 0 amide bonds. The van der Waals surface area contributed by atoms with E-state index >= 15 is 0 Å². The van der Waals surface area contributed by atoms with Crippen LogP contribution in [0.3, 0.4) is 0 Å². The molecule has 1 aliphatic rings. The Hall–Kier alpha value is -0.730. The molecular weight excluding hydrogens is 342 g/mol. The second kappa shape index (κ2) is 9.83. The number of likely N-dealkylation sites (N-methyl/N-ethyl adjacent to an activating group) is 2. The van der Waals surface area contributed by atoms with Crippen LogP contribution in [0.15, 0.2) is 24.3 Å². The van der Waals surface area contributed by atoms with Crippen LogP contribution in [0.5, 0.6) is 0 Å². The number of hydrogen-bond donors (Lipinski definition) is 3. The predicted octanol–water partition coefficient (Wildman–Crippen LogP) is 0.412. The van der Waals surface area contributed by atoms with Crippen LogP contribution >= 0.6 is 11.6 Å². The molecule has 0 unspecified atom stereocenters. The summed E-state index contributed by atoms with van der Waals surface area (Å²) in [5.41, 5.74) is 1.10. The van der Waals surface area contributed by atoms with Gasteiger partial charge in [-0.2, -0.15) is 0 Å². The van der Waals surface area contributed by atoms with Crippen molar-refractivity contribution in [3.63, 3.8) is 0 Å². The van der Waals surface area contributed by atoms with E-state index in [9.17, 15) is 10.2 Å². The lowest BCUT2D eigenvalue weighted by atomic mass is 10.0. The van der Waals surface area contributed by atoms with Crippen LogP contribution in [0, 0.1) is 0 Å². The van der Waals surface area contributed by atoms with Crippen LogP contribution < -0.4 is 5.32 Å². The molecule has 0 aliphatic carbocycles. The van der Waals surface area contributed by atoms with Gasteiger partial charge in [0.2, 0.25) is 0 Å². The fourth-order valence-electron chi connectivity index (χ4n) is 3.20. The Balaban J connectivity index is 1.93. The smallest absolute Gasteiger partial charge is 0.109 e. The van der Waals surface area contributed by atoms with Gasteiger partial charge in [0.15, 0.2) is 0 Å². The van der Waals surface area contributed by atoms with Crippen molar-refractivity contribution in [3.8, 4) is 0 Å². The summed E-state index contributed by atoms with van der Waals surface area (Å²) in [6.07, 6.45) is -1.42. The van der Waals surface area contributed by atoms with Gasteiger partial charge in [-0.3, -0.25) is 4.90 Å². The Morgan fingerprint density at radius 1 is 1.20 bits per heavy atom. The molecule has 2 rings (SSSR count). The number of benzene rings is 1. The van der Waals surface area contributed by atoms with E-state index in [0.717, 1.165) is 18.7 Å². The predicted molar refractivity (Wildman–Crippen MR) is 99.9 cm³/mol. The highest BCUT2D eigenvalue weighted by Crippen LogP contribution is 2.25. The second-order valence-corrected chi connectivity index (χ2v) is 7.36. The lowest BCUT2D eigenvalue weighted by molar-refractivity contribution is -0.0213. The highest BCUT2D eigenvalue weighted by atomic mass is 35.5. The molecule has 1 aliphatic heterocycles. The number of ether oxygens (including phenoxy) is 1. The first-order chi connectivity index (χ1) is 11.9. The van der Waals surface area contributed by atoms with Crippen molar-refractivity contribution in [1.82, 2.24) is 15.1 Å². The molecule has 0 radical (unpaired) electrons. The van der Waals surface area contributed by atoms with Crippen molar-refractivity contribution < 1.29 is 14.9 Å². The van der Waals surface area contributed by atoms with E-state index in [1.165, 1.54) is 0 Å². The van der Waals surface area contributed by atoms with Gasteiger partial charge in [-0.05, 0) is 38.8 Å². The van der Waals surface area contributed by atoms with Gasteiger partial charge in [0.1, 0.15) is 12.2 Å². The zero-order valence-corrected chi connectivity index (χ0v) is 16.0. The maximum atomic E-state index is 10.5. The normalized spacial score (nSPS) is 26.7. The van der Waals surface area contributed by atoms with Crippen molar-refractivity contribution in [2.24, 2.45) is 0 Å². The number of halogens is 1. The molecule has 3 N–H and O–H groups in total. The largest absolute Gasteiger partial charge is 0.394 e. The maximum absolute atomic E-state index is 10.5. The molecule has 1 aromatic rings. The minimum Gasteiger partial charge on any atom is -0.394 e. The maximum Gasteiger partial charge on any atom is 0.109 e. The van der Waals surface area contributed by atoms with Gasteiger partial charge < -0.3 is 25.2 Å². The molecule has 1 saturated heterocycles. The minimum absolute atomic E-state index is 0.149. The van der Waals surface area contributed by atoms with E-state index in [0.29, 0.717) is 18.1 Å². The van der Waals surface area contributed by atoms with Gasteiger partial charge in [-0.1, -0.05) is 23.7 Å². The number of hydrogen-bond acceptors (Lipinski definition) is 6. The number of aliphatic hydroxyl groups is 2. The molecule has 0 spiro atoms. The van der Waals surface area contributed by atoms with Crippen LogP contribution in [-0.2, 0) is 11.3 Å². The van der Waals surface area contributed by atoms with Crippen LogP contribution in [0.1, 0.15) is 5.56 Å². The summed E-state index contributed by atoms with van der Waals surface area (Å²) < 4.78 is 5.88. The molecule has 142 valence electrons. The summed E-state index contributed by atoms with van der Waals surface area (Å²) in [7, 11) is 6.04. The van der Waals surface area contributed by atoms with E-state index in [1.807, 2.05) is 45.4 Å². The van der Waals surface area contributed by atoms with Crippen molar-refractivity contribution in [2.45, 2.75) is 30.9 Å². The van der Waals surface area contributed by atoms with Gasteiger partial charge in [0.25, 0.3) is 0 Å². The van der Waals surface area contributed by atoms with Gasteiger partial charge in [-0.15, -0.1) is 0 Å². The second-order valence-electron chi connectivity index (χ2n) is 6.92. The van der Waals surface area contributed by atoms with Gasteiger partial charge >= 0.3 is 0 Å². The Morgan fingerprint density at radius 3 is 2.60 bits per heavy atom. The standard InChI is InChI=1S/C18H30ClN3O3/c1-21(2)7-8-22(3)17-15(25-16(12-23)18(17)24)11-20-10-13-5-4-6-14(19)9-13/h4-6,9,15-18,20,23-24H,7-8,10-12H2,1-3H3/t15-,16+,17+,18-/m1/s1. The number of rotatable bonds is 9. The first-order valence-corrected chi connectivity index (χ1v) is 9.04. The highest BCUT2D eigenvalue weighted by molar-refractivity contribution is 6.30. The highest BCUT2D eigenvalue weighted by Gasteiger charge is 2.44. The molecule has 0 saturated carbocycles. The van der Waals surface area contributed by atoms with E-state index in [-0.39, 0.29) is 18.8 Å². The van der Waals surface area contributed by atoms with Gasteiger partial charge in [-0.25, -0.2) is 0 Å². The van der Waals surface area contributed by atoms with E-state index in [1.54, 1.807) is 0 Å². The Bertz CT molecular complexity index is 532. The first kappa shape index (κ1) is 20.6. The van der Waals surface area contributed by atoms with E-state index in [4.69, 9.17) is 16.3 Å². The van der Waals surface area contributed by atoms with Crippen LogP contribution in [0.4, 0.5) is 0 Å². The molecule has 1 aromatic carbocycles. The van der Waals surface area contributed by atoms with Crippen LogP contribution in [-0.4, -0.2) is 91.8 Å². The summed E-state index contributed by atoms with van der Waals surface area (Å²) in [5.74, 6) is 0. The number of aliphatic hydroxyl groups excluding tert-OH is 2. The van der Waals surface area contributed by atoms with Crippen molar-refractivity contribution >= 4 is 11.6 Å². The lowest BCUT2D eigenvalue weighted by Gasteiger charge is -2.31. The zero-order chi connectivity index (χ0) is 18.4. The van der Waals surface area contributed by atoms with Gasteiger partial charge in [0, 0.05) is 31.2 Å². The van der Waals surface area contributed by atoms with Crippen LogP contribution in [0.25, 0.3) is 0 Å². The monoisotopic (exact) mass is 371 g/mol. The van der Waals surface area contributed by atoms with Crippen LogP contribution in [0.2, 0.25) is 5.02 Å². The third kappa shape index (κ3) is 5.89. The summed E-state index contributed by atoms with van der Waals surface area (Å²) in [5, 5.41) is 24.1. The topological polar surface area (TPSA) is 68.2 Å². The van der Waals surface area contributed by atoms with Crippen molar-refractivity contribution in [1.29, 1.82) is 0 Å². The molecular formula is C18H30ClN3O3. The van der Waals surface area contributed by atoms with E-state index < -0.39 is 12.2 Å². The summed E-state index contributed by atoms with van der Waals surface area (Å²) in [6, 6.07) is 7.57. The third-order valence-electron chi connectivity index (χ3n) is 4.61. The average molecular weight is 372 g/mol. The average Bonchev–Trinajstić information content (AvgIpc) is 2.88. The minimum atomic E-state index is -0.699. The summed E-state index contributed by atoms with van der Waals surface area (Å²) in [4.78, 5) is 4.22. The molecule has 1 heterocycles. The third-order valence-corrected chi connectivity index (χ3v) is 4.85. The van der Waals surface area contributed by atoms with Crippen molar-refractivity contribution in [2.75, 3.05) is 47.4 Å². The summed E-state index contributed by atoms with van der Waals surface area (Å²) in [6.45, 7) is 2.81. The molecule has 4 atom stereocenters. The molecule has 1 fully saturated rings. The molecule has 0 aromatic heterocycles.